The van der Waals surface area contributed by atoms with E-state index >= 15 is 0 Å². The first-order valence-electron chi connectivity index (χ1n) is 13.0. The predicted molar refractivity (Wildman–Crippen MR) is 159 cm³/mol. The zero-order valence-corrected chi connectivity index (χ0v) is 23.1. The largest absolute Gasteiger partial charge is 0.489 e. The maximum absolute atomic E-state index is 13.7. The molecule has 6 aromatic rings. The van der Waals surface area contributed by atoms with Crippen molar-refractivity contribution in [2.24, 2.45) is 0 Å². The van der Waals surface area contributed by atoms with E-state index in [1.54, 1.807) is 50.4 Å². The van der Waals surface area contributed by atoms with Crippen LogP contribution in [-0.2, 0) is 17.9 Å². The molecule has 0 bridgehead atoms. The number of aryl methyl sites for hydroxylation is 1. The normalized spacial score (nSPS) is 11.2. The lowest BCUT2D eigenvalue weighted by molar-refractivity contribution is -0.119. The van der Waals surface area contributed by atoms with Crippen LogP contribution < -0.4 is 15.2 Å². The van der Waals surface area contributed by atoms with Gasteiger partial charge in [-0.05, 0) is 48.0 Å². The number of amides is 1. The van der Waals surface area contributed by atoms with Gasteiger partial charge in [0.25, 0.3) is 5.56 Å². The van der Waals surface area contributed by atoms with Gasteiger partial charge in [-0.3, -0.25) is 9.59 Å². The number of nitrogens with zero attached hydrogens (tertiary/aromatic N) is 4. The second-order valence-corrected chi connectivity index (χ2v) is 10.1. The number of oxazole rings is 1. The minimum atomic E-state index is -0.404. The Morgan fingerprint density at radius 3 is 2.61 bits per heavy atom. The van der Waals surface area contributed by atoms with Crippen molar-refractivity contribution in [2.75, 3.05) is 11.9 Å². The molecule has 2 aromatic heterocycles. The first-order valence-corrected chi connectivity index (χ1v) is 13.3. The van der Waals surface area contributed by atoms with Crippen LogP contribution in [0.25, 0.3) is 33.1 Å². The van der Waals surface area contributed by atoms with Crippen molar-refractivity contribution in [3.8, 4) is 17.0 Å². The highest BCUT2D eigenvalue weighted by molar-refractivity contribution is 6.30. The molecule has 4 aromatic carbocycles. The summed E-state index contributed by atoms with van der Waals surface area (Å²) in [6.07, 6.45) is 0. The summed E-state index contributed by atoms with van der Waals surface area (Å²) in [6.45, 7) is 1.84. The number of rotatable bonds is 7. The van der Waals surface area contributed by atoms with Crippen LogP contribution in [0.1, 0.15) is 11.5 Å². The number of carbonyl (C=O) groups excluding carboxylic acids is 1. The average Bonchev–Trinajstić information content (AvgIpc) is 3.37. The van der Waals surface area contributed by atoms with E-state index in [-0.39, 0.29) is 12.5 Å². The van der Waals surface area contributed by atoms with Crippen LogP contribution in [0.3, 0.4) is 0 Å². The Kier molecular flexibility index (Phi) is 6.99. The maximum Gasteiger partial charge on any atom is 0.275 e. The highest BCUT2D eigenvalue weighted by atomic mass is 35.5. The molecule has 0 saturated carbocycles. The van der Waals surface area contributed by atoms with Crippen molar-refractivity contribution in [2.45, 2.75) is 20.1 Å². The number of aromatic nitrogens is 3. The topological polar surface area (TPSA) is 90.5 Å². The monoisotopic (exact) mass is 564 g/mol. The minimum absolute atomic E-state index is 0.276. The lowest BCUT2D eigenvalue weighted by Crippen LogP contribution is -2.35. The molecule has 0 radical (unpaired) electrons. The molecule has 0 aliphatic rings. The van der Waals surface area contributed by atoms with Gasteiger partial charge in [0, 0.05) is 41.7 Å². The van der Waals surface area contributed by atoms with Crippen LogP contribution in [0.4, 0.5) is 5.69 Å². The Labute approximate surface area is 240 Å². The first kappa shape index (κ1) is 26.3. The first-order chi connectivity index (χ1) is 19.9. The van der Waals surface area contributed by atoms with Gasteiger partial charge in [-0.1, -0.05) is 54.1 Å². The third kappa shape index (κ3) is 5.42. The Morgan fingerprint density at radius 2 is 1.80 bits per heavy atom. The van der Waals surface area contributed by atoms with Gasteiger partial charge in [0.1, 0.15) is 24.4 Å². The molecule has 0 aliphatic carbocycles. The summed E-state index contributed by atoms with van der Waals surface area (Å²) in [6, 6.07) is 27.6. The van der Waals surface area contributed by atoms with Gasteiger partial charge in [0.2, 0.25) is 5.91 Å². The minimum Gasteiger partial charge on any atom is -0.489 e. The Morgan fingerprint density at radius 1 is 0.976 bits per heavy atom. The Bertz CT molecular complexity index is 1970. The molecule has 9 heteroatoms. The molecular weight excluding hydrogens is 540 g/mol. The highest BCUT2D eigenvalue weighted by Gasteiger charge is 2.19. The van der Waals surface area contributed by atoms with Crippen molar-refractivity contribution in [3.05, 3.63) is 118 Å². The van der Waals surface area contributed by atoms with E-state index in [0.717, 1.165) is 11.1 Å². The van der Waals surface area contributed by atoms with Crippen LogP contribution in [0.15, 0.2) is 100 Å². The SMILES string of the molecule is Cc1nc2ccc(N(C)C(=O)Cn3nc(-c4cccc(Cl)c4)c4ccc(OCc5ccccc5)cc4c3=O)cc2o1. The zero-order chi connectivity index (χ0) is 28.5. The number of ether oxygens (including phenoxy) is 1. The van der Waals surface area contributed by atoms with Crippen molar-refractivity contribution in [1.29, 1.82) is 0 Å². The van der Waals surface area contributed by atoms with E-state index in [9.17, 15) is 9.59 Å². The molecular formula is C32H25ClN4O4. The van der Waals surface area contributed by atoms with E-state index in [2.05, 4.69) is 10.1 Å². The summed E-state index contributed by atoms with van der Waals surface area (Å²) in [7, 11) is 1.65. The maximum atomic E-state index is 13.7. The number of benzene rings is 4. The van der Waals surface area contributed by atoms with E-state index in [1.807, 2.05) is 54.6 Å². The summed E-state index contributed by atoms with van der Waals surface area (Å²) in [4.78, 5) is 32.9. The van der Waals surface area contributed by atoms with Crippen LogP contribution in [0, 0.1) is 6.92 Å². The van der Waals surface area contributed by atoms with Gasteiger partial charge >= 0.3 is 0 Å². The van der Waals surface area contributed by atoms with Gasteiger partial charge in [-0.2, -0.15) is 5.10 Å². The van der Waals surface area contributed by atoms with E-state index < -0.39 is 5.56 Å². The molecule has 204 valence electrons. The fraction of sp³-hybridized carbons (Fsp3) is 0.125. The molecule has 0 aliphatic heterocycles. The Hall–Kier alpha value is -4.95. The van der Waals surface area contributed by atoms with E-state index in [0.29, 0.717) is 56.5 Å². The van der Waals surface area contributed by atoms with Gasteiger partial charge < -0.3 is 14.1 Å². The number of hydrogen-bond acceptors (Lipinski definition) is 6. The molecule has 6 rings (SSSR count). The van der Waals surface area contributed by atoms with Crippen molar-refractivity contribution in [1.82, 2.24) is 14.8 Å². The molecule has 0 N–H and O–H groups in total. The number of fused-ring (bicyclic) bond motifs is 2. The Balaban J connectivity index is 1.38. The molecule has 2 heterocycles. The lowest BCUT2D eigenvalue weighted by atomic mass is 10.0. The highest BCUT2D eigenvalue weighted by Crippen LogP contribution is 2.29. The lowest BCUT2D eigenvalue weighted by Gasteiger charge is -2.18. The van der Waals surface area contributed by atoms with Crippen molar-refractivity contribution >= 4 is 45.1 Å². The molecule has 0 saturated heterocycles. The van der Waals surface area contributed by atoms with Crippen molar-refractivity contribution in [3.63, 3.8) is 0 Å². The summed E-state index contributed by atoms with van der Waals surface area (Å²) in [5.74, 6) is 0.745. The van der Waals surface area contributed by atoms with Crippen LogP contribution in [0.2, 0.25) is 5.02 Å². The number of likely N-dealkylation sites (N-methyl/N-ethyl adjacent to an activating group) is 1. The molecule has 0 spiro atoms. The summed E-state index contributed by atoms with van der Waals surface area (Å²) < 4.78 is 12.8. The van der Waals surface area contributed by atoms with E-state index in [1.165, 1.54) is 9.58 Å². The van der Waals surface area contributed by atoms with Gasteiger partial charge in [-0.25, -0.2) is 9.67 Å². The fourth-order valence-electron chi connectivity index (χ4n) is 4.67. The quantitative estimate of drug-likeness (QED) is 0.223. The van der Waals surface area contributed by atoms with Crippen LogP contribution >= 0.6 is 11.6 Å². The second kappa shape index (κ2) is 10.9. The fourth-order valence-corrected chi connectivity index (χ4v) is 4.86. The number of hydrogen-bond donors (Lipinski definition) is 0. The molecule has 0 fully saturated rings. The summed E-state index contributed by atoms with van der Waals surface area (Å²) in [5.41, 5.74) is 3.75. The van der Waals surface area contributed by atoms with Crippen LogP contribution in [0.5, 0.6) is 5.75 Å². The molecule has 0 atom stereocenters. The third-order valence-corrected chi connectivity index (χ3v) is 7.04. The van der Waals surface area contributed by atoms with Crippen molar-refractivity contribution < 1.29 is 13.9 Å². The molecule has 41 heavy (non-hydrogen) atoms. The average molecular weight is 565 g/mol. The second-order valence-electron chi connectivity index (χ2n) is 9.64. The zero-order valence-electron chi connectivity index (χ0n) is 22.4. The third-order valence-electron chi connectivity index (χ3n) is 6.80. The summed E-state index contributed by atoms with van der Waals surface area (Å²) in [5, 5.41) is 6.18. The van der Waals surface area contributed by atoms with Gasteiger partial charge in [-0.15, -0.1) is 0 Å². The van der Waals surface area contributed by atoms with E-state index in [4.69, 9.17) is 20.8 Å². The molecule has 1 amide bonds. The molecule has 0 unspecified atom stereocenters. The number of carbonyl (C=O) groups is 1. The standard InChI is InChI=1S/C32H25ClN4O4/c1-20-34-28-14-11-24(16-29(28)41-20)36(2)30(38)18-37-32(39)27-17-25(40-19-21-7-4-3-5-8-21)12-13-26(27)31(35-37)22-9-6-10-23(33)15-22/h3-17H,18-19H2,1-2H3. The smallest absolute Gasteiger partial charge is 0.275 e. The number of anilines is 1. The number of halogens is 1. The summed E-state index contributed by atoms with van der Waals surface area (Å²) >= 11 is 6.29. The van der Waals surface area contributed by atoms with Gasteiger partial charge in [0.15, 0.2) is 11.5 Å². The van der Waals surface area contributed by atoms with Gasteiger partial charge in [0.05, 0.1) is 11.1 Å². The molecule has 8 nitrogen and oxygen atoms in total. The predicted octanol–water partition coefficient (Wildman–Crippen LogP) is 6.41. The van der Waals surface area contributed by atoms with Crippen LogP contribution in [-0.4, -0.2) is 27.7 Å².